The lowest BCUT2D eigenvalue weighted by molar-refractivity contribution is 0.651. The Kier molecular flexibility index (Phi) is 6.76. The highest BCUT2D eigenvalue weighted by Gasteiger charge is 2.29. The summed E-state index contributed by atoms with van der Waals surface area (Å²) < 4.78 is 0. The van der Waals surface area contributed by atoms with Crippen LogP contribution in [0.25, 0.3) is 0 Å². The third-order valence-corrected chi connectivity index (χ3v) is 6.93. The summed E-state index contributed by atoms with van der Waals surface area (Å²) in [4.78, 5) is 0. The number of allylic oxidation sites excluding steroid dienone is 2. The second-order valence-electron chi connectivity index (χ2n) is 9.79. The zero-order valence-corrected chi connectivity index (χ0v) is 19.5. The van der Waals surface area contributed by atoms with E-state index in [9.17, 15) is 0 Å². The molecule has 1 aliphatic carbocycles. The van der Waals surface area contributed by atoms with E-state index in [2.05, 4.69) is 113 Å². The maximum Gasteiger partial charge on any atom is 0.00924 e. The van der Waals surface area contributed by atoms with Crippen molar-refractivity contribution < 1.29 is 0 Å². The number of rotatable bonds is 7. The second kappa shape index (κ2) is 9.69. The van der Waals surface area contributed by atoms with Crippen molar-refractivity contribution in [3.8, 4) is 0 Å². The van der Waals surface area contributed by atoms with Crippen LogP contribution >= 0.6 is 0 Å². The van der Waals surface area contributed by atoms with E-state index in [1.54, 1.807) is 5.57 Å². The fourth-order valence-electron chi connectivity index (χ4n) is 4.86. The first-order chi connectivity index (χ1) is 15.0. The molecule has 0 radical (unpaired) electrons. The molecule has 3 aromatic rings. The highest BCUT2D eigenvalue weighted by atomic mass is 14.3. The lowest BCUT2D eigenvalue weighted by Crippen LogP contribution is -2.05. The van der Waals surface area contributed by atoms with Gasteiger partial charge in [-0.2, -0.15) is 0 Å². The van der Waals surface area contributed by atoms with Crippen LogP contribution in [0.15, 0.2) is 90.5 Å². The Morgan fingerprint density at radius 3 is 1.81 bits per heavy atom. The van der Waals surface area contributed by atoms with Crippen LogP contribution in [-0.4, -0.2) is 0 Å². The smallest absolute Gasteiger partial charge is 0.00924 e. The molecule has 0 aromatic heterocycles. The fraction of sp³-hybridized carbons (Fsp3) is 0.355. The SMILES string of the molecule is CC(C)c1ccc(CCC2=CC(c3ccccc3)C(c3ccc(C(C)C)cc3)C2)cc1. The molecule has 2 unspecified atom stereocenters. The third-order valence-electron chi connectivity index (χ3n) is 6.93. The normalized spacial score (nSPS) is 18.6. The van der Waals surface area contributed by atoms with E-state index in [1.165, 1.54) is 34.2 Å². The summed E-state index contributed by atoms with van der Waals surface area (Å²) in [6.45, 7) is 9.06. The second-order valence-corrected chi connectivity index (χ2v) is 9.79. The minimum absolute atomic E-state index is 0.476. The Morgan fingerprint density at radius 1 is 0.645 bits per heavy atom. The van der Waals surface area contributed by atoms with Crippen molar-refractivity contribution in [1.29, 1.82) is 0 Å². The highest BCUT2D eigenvalue weighted by Crippen LogP contribution is 2.46. The van der Waals surface area contributed by atoms with E-state index in [1.807, 2.05) is 0 Å². The third kappa shape index (κ3) is 5.18. The first-order valence-corrected chi connectivity index (χ1v) is 11.9. The zero-order valence-electron chi connectivity index (χ0n) is 19.5. The van der Waals surface area contributed by atoms with Gasteiger partial charge in [-0.05, 0) is 64.8 Å². The minimum atomic E-state index is 0.476. The van der Waals surface area contributed by atoms with Gasteiger partial charge in [0.1, 0.15) is 0 Å². The van der Waals surface area contributed by atoms with Crippen LogP contribution in [0.3, 0.4) is 0 Å². The van der Waals surface area contributed by atoms with Gasteiger partial charge in [0, 0.05) is 5.92 Å². The molecule has 0 aliphatic heterocycles. The van der Waals surface area contributed by atoms with E-state index < -0.39 is 0 Å². The van der Waals surface area contributed by atoms with Crippen molar-refractivity contribution in [3.05, 3.63) is 118 Å². The molecule has 0 heterocycles. The first-order valence-electron chi connectivity index (χ1n) is 11.9. The average Bonchev–Trinajstić information content (AvgIpc) is 3.23. The number of benzene rings is 3. The van der Waals surface area contributed by atoms with Crippen LogP contribution in [0.4, 0.5) is 0 Å². The molecular formula is C31H36. The molecular weight excluding hydrogens is 372 g/mol. The van der Waals surface area contributed by atoms with Crippen LogP contribution < -0.4 is 0 Å². The monoisotopic (exact) mass is 408 g/mol. The van der Waals surface area contributed by atoms with E-state index >= 15 is 0 Å². The molecule has 0 amide bonds. The molecule has 31 heavy (non-hydrogen) atoms. The quantitative estimate of drug-likeness (QED) is 0.343. The van der Waals surface area contributed by atoms with E-state index in [4.69, 9.17) is 0 Å². The highest BCUT2D eigenvalue weighted by molar-refractivity contribution is 5.40. The standard InChI is InChI=1S/C31H36/c1-22(2)26-14-12-24(13-15-26)10-11-25-20-30(28-8-6-5-7-9-28)31(21-25)29-18-16-27(17-19-29)23(3)4/h5-9,12-20,22-23,30-31H,10-11,21H2,1-4H3. The molecule has 0 fully saturated rings. The summed E-state index contributed by atoms with van der Waals surface area (Å²) in [6, 6.07) is 29.7. The van der Waals surface area contributed by atoms with Crippen molar-refractivity contribution in [2.45, 2.75) is 70.6 Å². The molecule has 160 valence electrons. The van der Waals surface area contributed by atoms with Crippen LogP contribution in [0.1, 0.15) is 92.0 Å². The summed E-state index contributed by atoms with van der Waals surface area (Å²) in [5.74, 6) is 2.20. The summed E-state index contributed by atoms with van der Waals surface area (Å²) in [6.07, 6.45) is 6.03. The van der Waals surface area contributed by atoms with Crippen LogP contribution in [0.5, 0.6) is 0 Å². The van der Waals surface area contributed by atoms with Gasteiger partial charge in [-0.15, -0.1) is 0 Å². The Labute approximate surface area is 189 Å². The Morgan fingerprint density at radius 2 is 1.23 bits per heavy atom. The summed E-state index contributed by atoms with van der Waals surface area (Å²) in [5.41, 5.74) is 8.84. The van der Waals surface area contributed by atoms with Gasteiger partial charge in [0.25, 0.3) is 0 Å². The maximum atomic E-state index is 2.57. The van der Waals surface area contributed by atoms with Crippen LogP contribution in [-0.2, 0) is 6.42 Å². The van der Waals surface area contributed by atoms with E-state index in [0.717, 1.165) is 12.8 Å². The summed E-state index contributed by atoms with van der Waals surface area (Å²) in [5, 5.41) is 0. The van der Waals surface area contributed by atoms with Crippen molar-refractivity contribution in [2.75, 3.05) is 0 Å². The Bertz CT molecular complexity index is 988. The van der Waals surface area contributed by atoms with Crippen molar-refractivity contribution >= 4 is 0 Å². The van der Waals surface area contributed by atoms with Gasteiger partial charge >= 0.3 is 0 Å². The molecule has 0 heteroatoms. The van der Waals surface area contributed by atoms with E-state index in [0.29, 0.717) is 23.7 Å². The number of aryl methyl sites for hydroxylation is 1. The maximum absolute atomic E-state index is 2.57. The predicted molar refractivity (Wildman–Crippen MR) is 134 cm³/mol. The lowest BCUT2D eigenvalue weighted by Gasteiger charge is -2.21. The molecule has 0 saturated carbocycles. The Hall–Kier alpha value is -2.60. The molecule has 2 atom stereocenters. The molecule has 0 N–H and O–H groups in total. The molecule has 3 aromatic carbocycles. The topological polar surface area (TPSA) is 0 Å². The fourth-order valence-corrected chi connectivity index (χ4v) is 4.86. The summed E-state index contributed by atoms with van der Waals surface area (Å²) >= 11 is 0. The van der Waals surface area contributed by atoms with Gasteiger partial charge in [-0.1, -0.05) is 118 Å². The molecule has 0 spiro atoms. The van der Waals surface area contributed by atoms with Crippen LogP contribution in [0, 0.1) is 0 Å². The minimum Gasteiger partial charge on any atom is -0.0771 e. The van der Waals surface area contributed by atoms with Gasteiger partial charge < -0.3 is 0 Å². The van der Waals surface area contributed by atoms with Gasteiger partial charge in [0.05, 0.1) is 0 Å². The first kappa shape index (κ1) is 21.6. The van der Waals surface area contributed by atoms with Gasteiger partial charge in [0.2, 0.25) is 0 Å². The number of hydrogen-bond acceptors (Lipinski definition) is 0. The zero-order chi connectivity index (χ0) is 21.8. The van der Waals surface area contributed by atoms with Gasteiger partial charge in [-0.3, -0.25) is 0 Å². The van der Waals surface area contributed by atoms with Crippen molar-refractivity contribution in [3.63, 3.8) is 0 Å². The van der Waals surface area contributed by atoms with Gasteiger partial charge in [0.15, 0.2) is 0 Å². The molecule has 0 bridgehead atoms. The molecule has 4 rings (SSSR count). The predicted octanol–water partition coefficient (Wildman–Crippen LogP) is 8.76. The van der Waals surface area contributed by atoms with Gasteiger partial charge in [-0.25, -0.2) is 0 Å². The molecule has 1 aliphatic rings. The number of hydrogen-bond donors (Lipinski definition) is 0. The largest absolute Gasteiger partial charge is 0.0771 e. The molecule has 0 saturated heterocycles. The lowest BCUT2D eigenvalue weighted by atomic mass is 9.83. The Balaban J connectivity index is 1.52. The summed E-state index contributed by atoms with van der Waals surface area (Å²) in [7, 11) is 0. The van der Waals surface area contributed by atoms with Crippen LogP contribution in [0.2, 0.25) is 0 Å². The van der Waals surface area contributed by atoms with Crippen molar-refractivity contribution in [2.24, 2.45) is 0 Å². The molecule has 0 nitrogen and oxygen atoms in total. The average molecular weight is 409 g/mol. The van der Waals surface area contributed by atoms with E-state index in [-0.39, 0.29) is 0 Å². The van der Waals surface area contributed by atoms with Crippen molar-refractivity contribution in [1.82, 2.24) is 0 Å².